The van der Waals surface area contributed by atoms with Crippen molar-refractivity contribution in [2.24, 2.45) is 0 Å². The van der Waals surface area contributed by atoms with Crippen molar-refractivity contribution in [1.29, 1.82) is 0 Å². The monoisotopic (exact) mass is 294 g/mol. The van der Waals surface area contributed by atoms with Gasteiger partial charge in [0.05, 0.1) is 0 Å². The molecule has 3 nitrogen and oxygen atoms in total. The van der Waals surface area contributed by atoms with Crippen molar-refractivity contribution in [2.45, 2.75) is 5.09 Å². The highest BCUT2D eigenvalue weighted by molar-refractivity contribution is 9.10. The molecule has 74 valence electrons. The molecule has 2 aromatic rings. The van der Waals surface area contributed by atoms with Crippen LogP contribution in [0.2, 0.25) is 0 Å². The first-order valence-electron chi connectivity index (χ1n) is 3.61. The third-order valence-corrected chi connectivity index (χ3v) is 3.56. The van der Waals surface area contributed by atoms with Gasteiger partial charge >= 0.3 is 0 Å². The Hall–Kier alpha value is -0.520. The molecule has 0 saturated carbocycles. The van der Waals surface area contributed by atoms with Gasteiger partial charge in [0.2, 0.25) is 5.09 Å². The van der Waals surface area contributed by atoms with E-state index in [-0.39, 0.29) is 5.09 Å². The second-order valence-electron chi connectivity index (χ2n) is 2.65. The molecule has 0 bridgehead atoms. The van der Waals surface area contributed by atoms with Crippen molar-refractivity contribution >= 4 is 46.6 Å². The van der Waals surface area contributed by atoms with E-state index in [2.05, 4.69) is 15.9 Å². The van der Waals surface area contributed by atoms with Crippen molar-refractivity contribution < 1.29 is 12.8 Å². The summed E-state index contributed by atoms with van der Waals surface area (Å²) < 4.78 is 27.8. The highest BCUT2D eigenvalue weighted by Gasteiger charge is 2.16. The highest BCUT2D eigenvalue weighted by atomic mass is 79.9. The first-order valence-corrected chi connectivity index (χ1v) is 6.71. The maximum absolute atomic E-state index is 11.0. The van der Waals surface area contributed by atoms with Crippen molar-refractivity contribution in [1.82, 2.24) is 0 Å². The predicted molar refractivity (Wildman–Crippen MR) is 57.0 cm³/mol. The Morgan fingerprint density at radius 1 is 1.36 bits per heavy atom. The SMILES string of the molecule is O=S(=O)(Cl)c1cc2c(Br)cccc2o1. The fourth-order valence-corrected chi connectivity index (χ4v) is 2.26. The van der Waals surface area contributed by atoms with Crippen molar-refractivity contribution in [3.05, 3.63) is 28.7 Å². The van der Waals surface area contributed by atoms with Crippen molar-refractivity contribution in [2.75, 3.05) is 0 Å². The Morgan fingerprint density at radius 2 is 2.07 bits per heavy atom. The molecular formula is C8H4BrClO3S. The first kappa shape index (κ1) is 10.0. The second-order valence-corrected chi connectivity index (χ2v) is 6.01. The molecule has 0 saturated heterocycles. The highest BCUT2D eigenvalue weighted by Crippen LogP contribution is 2.30. The quantitative estimate of drug-likeness (QED) is 0.759. The second kappa shape index (κ2) is 3.25. The number of hydrogen-bond donors (Lipinski definition) is 0. The summed E-state index contributed by atoms with van der Waals surface area (Å²) in [5.74, 6) is 0. The Morgan fingerprint density at radius 3 is 2.64 bits per heavy atom. The molecule has 0 fully saturated rings. The number of fused-ring (bicyclic) bond motifs is 1. The molecule has 1 aromatic carbocycles. The van der Waals surface area contributed by atoms with Gasteiger partial charge in [-0.15, -0.1) is 0 Å². The van der Waals surface area contributed by atoms with Crippen LogP contribution in [-0.2, 0) is 9.05 Å². The standard InChI is InChI=1S/C8H4BrClO3S/c9-6-2-1-3-7-5(6)4-8(13-7)14(10,11)12/h1-4H. The van der Waals surface area contributed by atoms with Crippen LogP contribution in [0, 0.1) is 0 Å². The summed E-state index contributed by atoms with van der Waals surface area (Å²) in [5, 5.41) is 0.452. The lowest BCUT2D eigenvalue weighted by molar-refractivity contribution is 0.488. The molecule has 14 heavy (non-hydrogen) atoms. The molecule has 0 unspecified atom stereocenters. The van der Waals surface area contributed by atoms with Crippen LogP contribution in [0.1, 0.15) is 0 Å². The lowest BCUT2D eigenvalue weighted by Crippen LogP contribution is -1.84. The lowest BCUT2D eigenvalue weighted by atomic mass is 10.3. The third kappa shape index (κ3) is 1.67. The molecular weight excluding hydrogens is 292 g/mol. The van der Waals surface area contributed by atoms with Crippen LogP contribution in [0.15, 0.2) is 38.2 Å². The molecule has 0 aliphatic rings. The summed E-state index contributed by atoms with van der Waals surface area (Å²) in [5.41, 5.74) is 0.485. The van der Waals surface area contributed by atoms with E-state index in [1.165, 1.54) is 6.07 Å². The van der Waals surface area contributed by atoms with E-state index in [4.69, 9.17) is 15.1 Å². The predicted octanol–water partition coefficient (Wildman–Crippen LogP) is 3.12. The van der Waals surface area contributed by atoms with Crippen LogP contribution in [0.5, 0.6) is 0 Å². The average Bonchev–Trinajstić information content (AvgIpc) is 2.48. The van der Waals surface area contributed by atoms with E-state index in [1.54, 1.807) is 18.2 Å². The molecule has 0 amide bonds. The van der Waals surface area contributed by atoms with Gasteiger partial charge in [0.25, 0.3) is 9.05 Å². The number of benzene rings is 1. The smallest absolute Gasteiger partial charge is 0.294 e. The first-order chi connectivity index (χ1) is 6.48. The Labute approximate surface area is 93.2 Å². The third-order valence-electron chi connectivity index (χ3n) is 1.73. The molecule has 6 heteroatoms. The topological polar surface area (TPSA) is 47.3 Å². The summed E-state index contributed by atoms with van der Waals surface area (Å²) in [4.78, 5) is 0. The Bertz CT molecular complexity index is 588. The van der Waals surface area contributed by atoms with Crippen molar-refractivity contribution in [3.63, 3.8) is 0 Å². The normalized spacial score (nSPS) is 12.1. The number of furan rings is 1. The van der Waals surface area contributed by atoms with E-state index in [0.717, 1.165) is 4.47 Å². The summed E-state index contributed by atoms with van der Waals surface area (Å²) in [6.45, 7) is 0. The lowest BCUT2D eigenvalue weighted by Gasteiger charge is -1.88. The Kier molecular flexibility index (Phi) is 2.33. The molecule has 2 rings (SSSR count). The summed E-state index contributed by atoms with van der Waals surface area (Å²) in [6, 6.07) is 6.61. The van der Waals surface area contributed by atoms with Gasteiger partial charge in [-0.25, -0.2) is 8.42 Å². The average molecular weight is 296 g/mol. The van der Waals surface area contributed by atoms with E-state index in [0.29, 0.717) is 11.0 Å². The zero-order valence-electron chi connectivity index (χ0n) is 6.70. The van der Waals surface area contributed by atoms with Crippen LogP contribution >= 0.6 is 26.6 Å². The fraction of sp³-hybridized carbons (Fsp3) is 0. The number of rotatable bonds is 1. The fourth-order valence-electron chi connectivity index (χ4n) is 1.12. The molecule has 0 spiro atoms. The minimum Gasteiger partial charge on any atom is -0.443 e. The van der Waals surface area contributed by atoms with Gasteiger partial charge in [-0.3, -0.25) is 0 Å². The van der Waals surface area contributed by atoms with Gasteiger partial charge in [-0.1, -0.05) is 22.0 Å². The van der Waals surface area contributed by atoms with E-state index < -0.39 is 9.05 Å². The maximum Gasteiger partial charge on any atom is 0.294 e. The molecule has 0 aliphatic heterocycles. The van der Waals surface area contributed by atoms with Gasteiger partial charge in [0, 0.05) is 26.6 Å². The molecule has 1 aromatic heterocycles. The molecule has 0 N–H and O–H groups in total. The van der Waals surface area contributed by atoms with E-state index >= 15 is 0 Å². The van der Waals surface area contributed by atoms with E-state index in [9.17, 15) is 8.42 Å². The minimum atomic E-state index is -3.80. The summed E-state index contributed by atoms with van der Waals surface area (Å²) in [7, 11) is 1.35. The number of hydrogen-bond acceptors (Lipinski definition) is 3. The summed E-state index contributed by atoms with van der Waals surface area (Å²) in [6.07, 6.45) is 0. The molecule has 1 heterocycles. The zero-order chi connectivity index (χ0) is 10.3. The van der Waals surface area contributed by atoms with Crippen LogP contribution in [0.4, 0.5) is 0 Å². The van der Waals surface area contributed by atoms with Crippen LogP contribution < -0.4 is 0 Å². The Balaban J connectivity index is 2.81. The van der Waals surface area contributed by atoms with Gasteiger partial charge < -0.3 is 4.42 Å². The maximum atomic E-state index is 11.0. The van der Waals surface area contributed by atoms with E-state index in [1.807, 2.05) is 0 Å². The molecule has 0 radical (unpaired) electrons. The zero-order valence-corrected chi connectivity index (χ0v) is 9.86. The van der Waals surface area contributed by atoms with Gasteiger partial charge in [0.1, 0.15) is 5.58 Å². The van der Waals surface area contributed by atoms with Gasteiger partial charge in [0.15, 0.2) is 0 Å². The van der Waals surface area contributed by atoms with Crippen LogP contribution in [0.3, 0.4) is 0 Å². The number of halogens is 2. The van der Waals surface area contributed by atoms with Gasteiger partial charge in [-0.2, -0.15) is 0 Å². The molecule has 0 aliphatic carbocycles. The van der Waals surface area contributed by atoms with Crippen molar-refractivity contribution in [3.8, 4) is 0 Å². The molecule has 0 atom stereocenters. The minimum absolute atomic E-state index is 0.235. The van der Waals surface area contributed by atoms with Crippen LogP contribution in [0.25, 0.3) is 11.0 Å². The van der Waals surface area contributed by atoms with Crippen LogP contribution in [-0.4, -0.2) is 8.42 Å². The largest absolute Gasteiger partial charge is 0.443 e. The summed E-state index contributed by atoms with van der Waals surface area (Å²) >= 11 is 3.28. The van der Waals surface area contributed by atoms with Gasteiger partial charge in [-0.05, 0) is 12.1 Å².